The van der Waals surface area contributed by atoms with Crippen molar-refractivity contribution in [2.24, 2.45) is 0 Å². The average Bonchev–Trinajstić information content (AvgIpc) is 3.16. The molecule has 0 radical (unpaired) electrons. The van der Waals surface area contributed by atoms with Crippen LogP contribution in [0.4, 0.5) is 0 Å². The van der Waals surface area contributed by atoms with Gasteiger partial charge in [0.25, 0.3) is 0 Å². The number of thiazole rings is 1. The van der Waals surface area contributed by atoms with Crippen LogP contribution in [0.5, 0.6) is 0 Å². The van der Waals surface area contributed by atoms with E-state index in [1.165, 1.54) is 11.1 Å². The van der Waals surface area contributed by atoms with Gasteiger partial charge in [-0.3, -0.25) is 0 Å². The van der Waals surface area contributed by atoms with E-state index in [0.29, 0.717) is 0 Å². The average molecular weight is 341 g/mol. The monoisotopic (exact) mass is 341 g/mol. The molecule has 0 spiro atoms. The largest absolute Gasteiger partial charge is 0.236 e. The zero-order chi connectivity index (χ0) is 17.5. The van der Waals surface area contributed by atoms with Gasteiger partial charge in [0.1, 0.15) is 5.01 Å². The highest BCUT2D eigenvalue weighted by Crippen LogP contribution is 2.28. The van der Waals surface area contributed by atoms with Crippen LogP contribution in [0.2, 0.25) is 0 Å². The summed E-state index contributed by atoms with van der Waals surface area (Å²) >= 11 is 1.64. The molecule has 0 N–H and O–H groups in total. The summed E-state index contributed by atoms with van der Waals surface area (Å²) in [6.45, 7) is 5.61. The number of hydrogen-bond acceptors (Lipinski definition) is 2. The van der Waals surface area contributed by atoms with Gasteiger partial charge in [-0.2, -0.15) is 0 Å². The predicted octanol–water partition coefficient (Wildman–Crippen LogP) is 6.78. The molecule has 0 bridgehead atoms. The third kappa shape index (κ3) is 4.13. The van der Waals surface area contributed by atoms with Crippen molar-refractivity contribution >= 4 is 16.9 Å². The highest BCUT2D eigenvalue weighted by atomic mass is 32.1. The van der Waals surface area contributed by atoms with E-state index < -0.39 is 0 Å². The Kier molecular flexibility index (Phi) is 5.58. The molecule has 0 atom stereocenters. The maximum atomic E-state index is 4.79. The highest BCUT2D eigenvalue weighted by molar-refractivity contribution is 7.11. The Morgan fingerprint density at radius 1 is 1.00 bits per heavy atom. The molecule has 0 amide bonds. The number of aromatic nitrogens is 1. The van der Waals surface area contributed by atoms with E-state index in [1.807, 2.05) is 31.2 Å². The molecule has 2 aromatic carbocycles. The molecule has 1 aromatic heterocycles. The molecule has 0 aliphatic rings. The molecule has 1 nitrogen and oxygen atoms in total. The van der Waals surface area contributed by atoms with E-state index >= 15 is 0 Å². The second kappa shape index (κ2) is 8.25. The van der Waals surface area contributed by atoms with Gasteiger partial charge in [-0.25, -0.2) is 4.98 Å². The highest BCUT2D eigenvalue weighted by Gasteiger charge is 2.07. The number of benzene rings is 2. The molecule has 2 heteroatoms. The van der Waals surface area contributed by atoms with E-state index in [1.54, 1.807) is 11.3 Å². The fourth-order valence-electron chi connectivity index (χ4n) is 2.53. The zero-order valence-electron chi connectivity index (χ0n) is 14.1. The van der Waals surface area contributed by atoms with E-state index in [-0.39, 0.29) is 0 Å². The third-order valence-electron chi connectivity index (χ3n) is 3.77. The van der Waals surface area contributed by atoms with E-state index in [2.05, 4.69) is 72.3 Å². The van der Waals surface area contributed by atoms with Crippen LogP contribution < -0.4 is 0 Å². The lowest BCUT2D eigenvalue weighted by atomic mass is 10.0. The van der Waals surface area contributed by atoms with Crippen molar-refractivity contribution in [1.29, 1.82) is 0 Å². The molecule has 25 heavy (non-hydrogen) atoms. The van der Waals surface area contributed by atoms with Gasteiger partial charge in [-0.15, -0.1) is 17.1 Å². The van der Waals surface area contributed by atoms with Gasteiger partial charge < -0.3 is 0 Å². The Balaban J connectivity index is 1.88. The van der Waals surface area contributed by atoms with Crippen molar-refractivity contribution in [3.63, 3.8) is 0 Å². The first-order chi connectivity index (χ1) is 12.3. The van der Waals surface area contributed by atoms with Crippen molar-refractivity contribution < 1.29 is 0 Å². The minimum atomic E-state index is 0.992. The second-order valence-electron chi connectivity index (χ2n) is 5.47. The lowest BCUT2D eigenvalue weighted by Gasteiger charge is -2.03. The molecular weight excluding hydrogens is 322 g/mol. The smallest absolute Gasteiger partial charge is 0.124 e. The van der Waals surface area contributed by atoms with Gasteiger partial charge in [0.15, 0.2) is 0 Å². The number of allylic oxidation sites excluding steroid dienone is 5. The fourth-order valence-corrected chi connectivity index (χ4v) is 3.36. The van der Waals surface area contributed by atoms with Gasteiger partial charge in [-0.05, 0) is 30.2 Å². The van der Waals surface area contributed by atoms with Gasteiger partial charge in [-0.1, -0.05) is 73.3 Å². The Morgan fingerprint density at radius 2 is 1.68 bits per heavy atom. The van der Waals surface area contributed by atoms with Crippen molar-refractivity contribution in [2.75, 3.05) is 0 Å². The molecule has 0 unspecified atom stereocenters. The lowest BCUT2D eigenvalue weighted by molar-refractivity contribution is 1.37. The standard InChI is InChI=1S/C23H19NS/c1-3-5-10-21(9-4-2)23-24-22(17-25-23)20-15-13-19(14-16-20)18-11-7-6-8-12-18/h4-17H,1H2,2H3/b9-4-,21-10+. The first-order valence-electron chi connectivity index (χ1n) is 8.12. The van der Waals surface area contributed by atoms with E-state index in [9.17, 15) is 0 Å². The Hall–Kier alpha value is -2.93. The molecule has 0 aliphatic carbocycles. The zero-order valence-corrected chi connectivity index (χ0v) is 15.0. The Bertz CT molecular complexity index is 937. The summed E-state index contributed by atoms with van der Waals surface area (Å²) in [6.07, 6.45) is 7.85. The number of hydrogen-bond donors (Lipinski definition) is 0. The minimum absolute atomic E-state index is 0.992. The van der Waals surface area contributed by atoms with Gasteiger partial charge >= 0.3 is 0 Å². The van der Waals surface area contributed by atoms with Crippen molar-refractivity contribution in [3.05, 3.63) is 102 Å². The molecular formula is C23H19NS. The van der Waals surface area contributed by atoms with Crippen LogP contribution in [0.3, 0.4) is 0 Å². The van der Waals surface area contributed by atoms with Crippen LogP contribution in [0.1, 0.15) is 11.9 Å². The van der Waals surface area contributed by atoms with Crippen LogP contribution in [0.25, 0.3) is 28.0 Å². The Labute approximate surface area is 153 Å². The molecule has 0 fully saturated rings. The quantitative estimate of drug-likeness (QED) is 0.368. The van der Waals surface area contributed by atoms with Crippen LogP contribution in [-0.4, -0.2) is 4.98 Å². The molecule has 0 saturated carbocycles. The number of nitrogens with zero attached hydrogens (tertiary/aromatic N) is 1. The van der Waals surface area contributed by atoms with Crippen LogP contribution in [-0.2, 0) is 0 Å². The molecule has 1 heterocycles. The predicted molar refractivity (Wildman–Crippen MR) is 109 cm³/mol. The first kappa shape index (κ1) is 16.9. The first-order valence-corrected chi connectivity index (χ1v) is 9.00. The van der Waals surface area contributed by atoms with Crippen molar-refractivity contribution in [1.82, 2.24) is 4.98 Å². The van der Waals surface area contributed by atoms with E-state index in [0.717, 1.165) is 21.8 Å². The van der Waals surface area contributed by atoms with Crippen molar-refractivity contribution in [2.45, 2.75) is 6.92 Å². The topological polar surface area (TPSA) is 12.9 Å². The Morgan fingerprint density at radius 3 is 2.36 bits per heavy atom. The molecule has 0 saturated heterocycles. The second-order valence-corrected chi connectivity index (χ2v) is 6.33. The summed E-state index contributed by atoms with van der Waals surface area (Å²) in [4.78, 5) is 4.79. The van der Waals surface area contributed by atoms with E-state index in [4.69, 9.17) is 4.98 Å². The van der Waals surface area contributed by atoms with Crippen molar-refractivity contribution in [3.8, 4) is 22.4 Å². The molecule has 122 valence electrons. The molecule has 3 rings (SSSR count). The van der Waals surface area contributed by atoms with Crippen LogP contribution >= 0.6 is 11.3 Å². The summed E-state index contributed by atoms with van der Waals surface area (Å²) in [5.74, 6) is 0. The van der Waals surface area contributed by atoms with Gasteiger partial charge in [0.2, 0.25) is 0 Å². The third-order valence-corrected chi connectivity index (χ3v) is 4.66. The summed E-state index contributed by atoms with van der Waals surface area (Å²) in [5.41, 5.74) is 8.41. The summed E-state index contributed by atoms with van der Waals surface area (Å²) in [7, 11) is 0. The minimum Gasteiger partial charge on any atom is -0.236 e. The number of rotatable bonds is 5. The summed E-state index contributed by atoms with van der Waals surface area (Å²) in [6, 6.07) is 18.9. The summed E-state index contributed by atoms with van der Waals surface area (Å²) < 4.78 is 0. The molecule has 0 aliphatic heterocycles. The van der Waals surface area contributed by atoms with Gasteiger partial charge in [0.05, 0.1) is 5.69 Å². The van der Waals surface area contributed by atoms with Crippen LogP contribution in [0, 0.1) is 0 Å². The van der Waals surface area contributed by atoms with Crippen LogP contribution in [0.15, 0.2) is 96.6 Å². The fraction of sp³-hybridized carbons (Fsp3) is 0.0435. The van der Waals surface area contributed by atoms with Gasteiger partial charge in [0, 0.05) is 16.5 Å². The molecule has 3 aromatic rings. The normalized spacial score (nSPS) is 11.5. The maximum absolute atomic E-state index is 4.79. The maximum Gasteiger partial charge on any atom is 0.124 e. The summed E-state index contributed by atoms with van der Waals surface area (Å²) in [5, 5.41) is 3.09. The SMILES string of the molecule is C=C=C/C=C(\C=C/C)c1nc(-c2ccc(-c3ccccc3)cc2)cs1. The lowest BCUT2D eigenvalue weighted by Crippen LogP contribution is -1.83.